The van der Waals surface area contributed by atoms with E-state index in [-0.39, 0.29) is 6.03 Å². The summed E-state index contributed by atoms with van der Waals surface area (Å²) >= 11 is 5.90. The number of carbonyl (C=O) groups is 1. The number of halogens is 1. The first-order valence-corrected chi connectivity index (χ1v) is 9.95. The first-order chi connectivity index (χ1) is 14.0. The molecule has 3 aromatic rings. The molecule has 0 unspecified atom stereocenters. The summed E-state index contributed by atoms with van der Waals surface area (Å²) in [7, 11) is 0. The zero-order valence-electron chi connectivity index (χ0n) is 16.5. The van der Waals surface area contributed by atoms with E-state index >= 15 is 0 Å². The van der Waals surface area contributed by atoms with Gasteiger partial charge in [-0.15, -0.1) is 0 Å². The van der Waals surface area contributed by atoms with E-state index in [1.54, 1.807) is 30.5 Å². The fraction of sp³-hybridized carbons (Fsp3) is 0.286. The Hall–Kier alpha value is -3.06. The van der Waals surface area contributed by atoms with Gasteiger partial charge >= 0.3 is 6.03 Å². The minimum Gasteiger partial charge on any atom is -0.365 e. The van der Waals surface area contributed by atoms with Gasteiger partial charge in [-0.25, -0.2) is 14.5 Å². The molecule has 2 aromatic heterocycles. The van der Waals surface area contributed by atoms with E-state index in [9.17, 15) is 4.79 Å². The fourth-order valence-electron chi connectivity index (χ4n) is 3.66. The number of nitrogens with zero attached hydrogens (tertiary/aromatic N) is 5. The summed E-state index contributed by atoms with van der Waals surface area (Å²) in [6, 6.07) is 12.8. The Labute approximate surface area is 174 Å². The molecule has 2 amide bonds. The number of hydrogen-bond acceptors (Lipinski definition) is 4. The zero-order chi connectivity index (χ0) is 20.4. The van der Waals surface area contributed by atoms with Crippen molar-refractivity contribution in [3.8, 4) is 5.82 Å². The van der Waals surface area contributed by atoms with Gasteiger partial charge in [0.1, 0.15) is 0 Å². The van der Waals surface area contributed by atoms with Crippen molar-refractivity contribution < 1.29 is 4.79 Å². The highest BCUT2D eigenvalue weighted by atomic mass is 35.5. The van der Waals surface area contributed by atoms with E-state index in [4.69, 9.17) is 11.6 Å². The number of anilines is 2. The van der Waals surface area contributed by atoms with Gasteiger partial charge in [0.2, 0.25) is 0 Å². The van der Waals surface area contributed by atoms with Crippen molar-refractivity contribution >= 4 is 29.0 Å². The molecule has 1 N–H and O–H groups in total. The lowest BCUT2D eigenvalue weighted by molar-refractivity contribution is 0.208. The van der Waals surface area contributed by atoms with E-state index in [1.165, 1.54) is 0 Å². The Morgan fingerprint density at radius 3 is 2.41 bits per heavy atom. The number of benzene rings is 1. The number of rotatable bonds is 3. The Kier molecular flexibility index (Phi) is 5.40. The van der Waals surface area contributed by atoms with Crippen molar-refractivity contribution in [1.82, 2.24) is 19.7 Å². The third kappa shape index (κ3) is 4.05. The van der Waals surface area contributed by atoms with Crippen LogP contribution in [0.3, 0.4) is 0 Å². The highest BCUT2D eigenvalue weighted by Crippen LogP contribution is 2.27. The molecule has 1 aliphatic heterocycles. The van der Waals surface area contributed by atoms with Crippen LogP contribution in [0.25, 0.3) is 5.82 Å². The first kappa shape index (κ1) is 19.3. The van der Waals surface area contributed by atoms with Crippen LogP contribution in [0, 0.1) is 13.8 Å². The SMILES string of the molecule is Cc1nn(-c2ccccn2)c(C)c1N1CCN(C(=O)Nc2ccc(Cl)cc2)CC1. The molecule has 1 saturated heterocycles. The number of nitrogens with one attached hydrogen (secondary N) is 1. The van der Waals surface area contributed by atoms with Crippen LogP contribution in [0.1, 0.15) is 11.4 Å². The van der Waals surface area contributed by atoms with Crippen LogP contribution in [0.2, 0.25) is 5.02 Å². The molecule has 1 aromatic carbocycles. The molecule has 8 heteroatoms. The van der Waals surface area contributed by atoms with Gasteiger partial charge in [0.25, 0.3) is 0 Å². The summed E-state index contributed by atoms with van der Waals surface area (Å²) in [6.45, 7) is 6.87. The van der Waals surface area contributed by atoms with Crippen molar-refractivity contribution in [2.24, 2.45) is 0 Å². The van der Waals surface area contributed by atoms with Gasteiger partial charge in [-0.3, -0.25) is 0 Å². The molecule has 3 heterocycles. The summed E-state index contributed by atoms with van der Waals surface area (Å²) in [5.41, 5.74) is 3.88. The molecule has 29 heavy (non-hydrogen) atoms. The monoisotopic (exact) mass is 410 g/mol. The smallest absolute Gasteiger partial charge is 0.321 e. The first-order valence-electron chi connectivity index (χ1n) is 9.57. The standard InChI is InChI=1S/C21H23ClN6O/c1-15-20(16(2)28(25-15)19-5-3-4-10-23-19)26-11-13-27(14-12-26)21(29)24-18-8-6-17(22)7-9-18/h3-10H,11-14H2,1-2H3,(H,24,29). The number of aryl methyl sites for hydroxylation is 1. The summed E-state index contributed by atoms with van der Waals surface area (Å²) < 4.78 is 1.88. The second-order valence-corrected chi connectivity index (χ2v) is 7.47. The average Bonchev–Trinajstić information content (AvgIpc) is 3.04. The molecule has 1 aliphatic rings. The number of pyridine rings is 1. The van der Waals surface area contributed by atoms with Crippen molar-refractivity contribution in [2.75, 3.05) is 36.4 Å². The number of hydrogen-bond donors (Lipinski definition) is 1. The van der Waals surface area contributed by atoms with Crippen molar-refractivity contribution in [3.63, 3.8) is 0 Å². The summed E-state index contributed by atoms with van der Waals surface area (Å²) in [4.78, 5) is 21.1. The number of carbonyl (C=O) groups excluding carboxylic acids is 1. The molecule has 0 saturated carbocycles. The topological polar surface area (TPSA) is 66.3 Å². The lowest BCUT2D eigenvalue weighted by Gasteiger charge is -2.36. The summed E-state index contributed by atoms with van der Waals surface area (Å²) in [5, 5.41) is 8.26. The minimum absolute atomic E-state index is 0.0930. The quantitative estimate of drug-likeness (QED) is 0.711. The van der Waals surface area contributed by atoms with Gasteiger partial charge in [-0.1, -0.05) is 17.7 Å². The van der Waals surface area contributed by atoms with Gasteiger partial charge in [0.05, 0.1) is 17.1 Å². The zero-order valence-corrected chi connectivity index (χ0v) is 17.2. The van der Waals surface area contributed by atoms with Gasteiger partial charge in [0, 0.05) is 43.1 Å². The lowest BCUT2D eigenvalue weighted by atomic mass is 10.2. The Balaban J connectivity index is 1.43. The maximum Gasteiger partial charge on any atom is 0.321 e. The molecule has 0 atom stereocenters. The third-order valence-corrected chi connectivity index (χ3v) is 5.35. The molecule has 0 radical (unpaired) electrons. The molecule has 150 valence electrons. The highest BCUT2D eigenvalue weighted by Gasteiger charge is 2.25. The number of aromatic nitrogens is 3. The van der Waals surface area contributed by atoms with E-state index in [1.807, 2.05) is 34.7 Å². The number of amides is 2. The second kappa shape index (κ2) is 8.13. The van der Waals surface area contributed by atoms with Crippen molar-refractivity contribution in [1.29, 1.82) is 0 Å². The van der Waals surface area contributed by atoms with Crippen LogP contribution in [0.15, 0.2) is 48.7 Å². The minimum atomic E-state index is -0.0930. The van der Waals surface area contributed by atoms with Crippen molar-refractivity contribution in [2.45, 2.75) is 13.8 Å². The van der Waals surface area contributed by atoms with Crippen LogP contribution in [-0.4, -0.2) is 51.9 Å². The average molecular weight is 411 g/mol. The molecular weight excluding hydrogens is 388 g/mol. The molecular formula is C21H23ClN6O. The van der Waals surface area contributed by atoms with E-state index in [0.717, 1.165) is 41.7 Å². The third-order valence-electron chi connectivity index (χ3n) is 5.10. The normalized spacial score (nSPS) is 14.2. The van der Waals surface area contributed by atoms with Gasteiger partial charge in [0.15, 0.2) is 5.82 Å². The van der Waals surface area contributed by atoms with E-state index < -0.39 is 0 Å². The maximum atomic E-state index is 12.6. The lowest BCUT2D eigenvalue weighted by Crippen LogP contribution is -2.50. The summed E-state index contributed by atoms with van der Waals surface area (Å²) in [5.74, 6) is 0.806. The molecule has 0 spiro atoms. The van der Waals surface area contributed by atoms with Crippen LogP contribution < -0.4 is 10.2 Å². The predicted molar refractivity (Wildman–Crippen MR) is 115 cm³/mol. The van der Waals surface area contributed by atoms with Crippen LogP contribution >= 0.6 is 11.6 Å². The van der Waals surface area contributed by atoms with Crippen LogP contribution in [0.4, 0.5) is 16.2 Å². The second-order valence-electron chi connectivity index (χ2n) is 7.03. The highest BCUT2D eigenvalue weighted by molar-refractivity contribution is 6.30. The van der Waals surface area contributed by atoms with E-state index in [0.29, 0.717) is 18.1 Å². The maximum absolute atomic E-state index is 12.6. The number of urea groups is 1. The molecule has 7 nitrogen and oxygen atoms in total. The molecule has 1 fully saturated rings. The Morgan fingerprint density at radius 2 is 1.76 bits per heavy atom. The fourth-order valence-corrected chi connectivity index (χ4v) is 3.79. The Bertz CT molecular complexity index is 994. The van der Waals surface area contributed by atoms with Gasteiger partial charge in [-0.05, 0) is 50.2 Å². The Morgan fingerprint density at radius 1 is 1.03 bits per heavy atom. The predicted octanol–water partition coefficient (Wildman–Crippen LogP) is 3.89. The van der Waals surface area contributed by atoms with E-state index in [2.05, 4.69) is 27.2 Å². The summed E-state index contributed by atoms with van der Waals surface area (Å²) in [6.07, 6.45) is 1.77. The van der Waals surface area contributed by atoms with Crippen molar-refractivity contribution in [3.05, 3.63) is 65.1 Å². The van der Waals surface area contributed by atoms with Crippen LogP contribution in [0.5, 0.6) is 0 Å². The molecule has 0 aliphatic carbocycles. The largest absolute Gasteiger partial charge is 0.365 e. The van der Waals surface area contributed by atoms with Crippen LogP contribution in [-0.2, 0) is 0 Å². The molecule has 4 rings (SSSR count). The van der Waals surface area contributed by atoms with Gasteiger partial charge in [-0.2, -0.15) is 5.10 Å². The number of piperazine rings is 1. The molecule has 0 bridgehead atoms. The van der Waals surface area contributed by atoms with Gasteiger partial charge < -0.3 is 15.1 Å².